The number of hydrogen-bond donors (Lipinski definition) is 2. The van der Waals surface area contributed by atoms with Gasteiger partial charge in [-0.1, -0.05) is 13.8 Å². The highest BCUT2D eigenvalue weighted by molar-refractivity contribution is 7.09. The summed E-state index contributed by atoms with van der Waals surface area (Å²) in [6.07, 6.45) is 1.81. The van der Waals surface area contributed by atoms with Gasteiger partial charge in [0.15, 0.2) is 0 Å². The van der Waals surface area contributed by atoms with Gasteiger partial charge in [0.05, 0.1) is 10.7 Å². The molecule has 2 aliphatic heterocycles. The maximum atomic E-state index is 12.9. The molecule has 9 heteroatoms. The fraction of sp³-hybridized carbons (Fsp3) is 0.550. The number of fused-ring (bicyclic) bond motifs is 4. The second-order valence-corrected chi connectivity index (χ2v) is 8.77. The lowest BCUT2D eigenvalue weighted by molar-refractivity contribution is 0.0951. The van der Waals surface area contributed by atoms with Crippen LogP contribution in [0.25, 0.3) is 0 Å². The van der Waals surface area contributed by atoms with Crippen LogP contribution in [0.3, 0.4) is 0 Å². The van der Waals surface area contributed by atoms with E-state index in [-0.39, 0.29) is 41.8 Å². The summed E-state index contributed by atoms with van der Waals surface area (Å²) in [6, 6.07) is 3.65. The number of nitrogens with zero attached hydrogens (tertiary/aromatic N) is 2. The molecule has 0 aromatic carbocycles. The van der Waals surface area contributed by atoms with Gasteiger partial charge in [-0.2, -0.15) is 0 Å². The third kappa shape index (κ3) is 5.02. The number of carbonyl (C=O) groups is 1. The molecule has 0 radical (unpaired) electrons. The van der Waals surface area contributed by atoms with Crippen molar-refractivity contribution in [1.82, 2.24) is 20.2 Å². The van der Waals surface area contributed by atoms with Crippen LogP contribution in [-0.4, -0.2) is 35.1 Å². The fourth-order valence-corrected chi connectivity index (χ4v) is 4.93. The van der Waals surface area contributed by atoms with Crippen LogP contribution < -0.4 is 16.2 Å². The summed E-state index contributed by atoms with van der Waals surface area (Å²) in [5, 5.41) is 9.48. The van der Waals surface area contributed by atoms with Crippen molar-refractivity contribution in [1.29, 1.82) is 0 Å². The van der Waals surface area contributed by atoms with E-state index >= 15 is 0 Å². The smallest absolute Gasteiger partial charge is 0.263 e. The van der Waals surface area contributed by atoms with E-state index in [2.05, 4.69) is 29.5 Å². The molecule has 4 heterocycles. The van der Waals surface area contributed by atoms with E-state index < -0.39 is 0 Å². The van der Waals surface area contributed by atoms with E-state index in [0.29, 0.717) is 37.3 Å². The van der Waals surface area contributed by atoms with Crippen molar-refractivity contribution in [2.45, 2.75) is 45.1 Å². The van der Waals surface area contributed by atoms with Crippen molar-refractivity contribution in [3.05, 3.63) is 49.8 Å². The number of hydrogen-bond acceptors (Lipinski definition) is 5. The Bertz CT molecular complexity index is 912. The molecule has 4 rings (SSSR count). The molecule has 2 aliphatic rings. The Morgan fingerprint density at radius 3 is 2.86 bits per heavy atom. The van der Waals surface area contributed by atoms with Crippen molar-refractivity contribution in [3.63, 3.8) is 0 Å². The Labute approximate surface area is 187 Å². The minimum absolute atomic E-state index is 0. The second-order valence-electron chi connectivity index (χ2n) is 7.88. The number of amides is 1. The number of carbonyl (C=O) groups excluding carboxylic acids is 1. The molecule has 2 atom stereocenters. The van der Waals surface area contributed by atoms with Crippen LogP contribution in [0.15, 0.2) is 22.3 Å². The number of rotatable bonds is 5. The van der Waals surface area contributed by atoms with Gasteiger partial charge < -0.3 is 15.2 Å². The monoisotopic (exact) mass is 458 g/mol. The van der Waals surface area contributed by atoms with Crippen LogP contribution in [0, 0.1) is 5.92 Å². The van der Waals surface area contributed by atoms with Gasteiger partial charge >= 0.3 is 0 Å². The predicted molar refractivity (Wildman–Crippen MR) is 121 cm³/mol. The lowest BCUT2D eigenvalue weighted by Gasteiger charge is -2.37. The number of piperidine rings is 1. The number of halogens is 2. The molecule has 1 amide bonds. The molecular formula is C20H28Cl2N4O2S. The SMILES string of the molecule is CC(C)c1nc(CCNC(=O)c2ccc3n(c2=O)C[C@@H]2CNC[C@H]3C2)cs1.Cl.Cl. The highest BCUT2D eigenvalue weighted by atomic mass is 35.5. The summed E-state index contributed by atoms with van der Waals surface area (Å²) in [5.74, 6) is 0.987. The van der Waals surface area contributed by atoms with E-state index in [1.165, 1.54) is 0 Å². The average Bonchev–Trinajstić information content (AvgIpc) is 3.12. The lowest BCUT2D eigenvalue weighted by Crippen LogP contribution is -2.46. The molecule has 1 saturated heterocycles. The van der Waals surface area contributed by atoms with Gasteiger partial charge in [0, 0.05) is 49.0 Å². The Morgan fingerprint density at radius 2 is 2.14 bits per heavy atom. The Kier molecular flexibility index (Phi) is 8.28. The summed E-state index contributed by atoms with van der Waals surface area (Å²) in [7, 11) is 0. The zero-order chi connectivity index (χ0) is 19.0. The van der Waals surface area contributed by atoms with Crippen LogP contribution >= 0.6 is 36.2 Å². The molecule has 0 saturated carbocycles. The summed E-state index contributed by atoms with van der Waals surface area (Å²) >= 11 is 1.66. The number of aromatic nitrogens is 2. The van der Waals surface area contributed by atoms with Crippen LogP contribution in [-0.2, 0) is 13.0 Å². The minimum Gasteiger partial charge on any atom is -0.351 e. The highest BCUT2D eigenvalue weighted by Crippen LogP contribution is 2.31. The molecule has 6 nitrogen and oxygen atoms in total. The van der Waals surface area contributed by atoms with Gasteiger partial charge in [0.25, 0.3) is 11.5 Å². The predicted octanol–water partition coefficient (Wildman–Crippen LogP) is 2.95. The molecule has 0 aliphatic carbocycles. The standard InChI is InChI=1S/C20H26N4O2S.2ClH/c1-12(2)19-23-15(11-27-19)5-6-22-18(25)16-3-4-17-14-7-13(8-21-9-14)10-24(17)20(16)26;;/h3-4,11-14,21H,5-10H2,1-2H3,(H,22,25);2*1H/t13-,14+;;/m0../s1. The van der Waals surface area contributed by atoms with Crippen LogP contribution in [0.4, 0.5) is 0 Å². The van der Waals surface area contributed by atoms with E-state index in [4.69, 9.17) is 0 Å². The van der Waals surface area contributed by atoms with E-state index in [1.54, 1.807) is 17.4 Å². The fourth-order valence-electron chi connectivity index (χ4n) is 4.07. The first-order chi connectivity index (χ1) is 13.0. The third-order valence-corrected chi connectivity index (χ3v) is 6.68. The molecule has 0 unspecified atom stereocenters. The second kappa shape index (κ2) is 10.1. The average molecular weight is 459 g/mol. The first-order valence-corrected chi connectivity index (χ1v) is 10.6. The van der Waals surface area contributed by atoms with Gasteiger partial charge in [-0.25, -0.2) is 4.98 Å². The number of thiazole rings is 1. The first-order valence-electron chi connectivity index (χ1n) is 9.70. The molecular weight excluding hydrogens is 431 g/mol. The Balaban J connectivity index is 0.00000150. The molecule has 0 spiro atoms. The summed E-state index contributed by atoms with van der Waals surface area (Å²) < 4.78 is 1.82. The largest absolute Gasteiger partial charge is 0.351 e. The molecule has 2 N–H and O–H groups in total. The topological polar surface area (TPSA) is 76.0 Å². The zero-order valence-corrected chi connectivity index (χ0v) is 19.1. The maximum Gasteiger partial charge on any atom is 0.263 e. The summed E-state index contributed by atoms with van der Waals surface area (Å²) in [6.45, 7) is 7.29. The van der Waals surface area contributed by atoms with Gasteiger partial charge in [0.2, 0.25) is 0 Å². The van der Waals surface area contributed by atoms with E-state index in [9.17, 15) is 9.59 Å². The first kappa shape index (κ1) is 23.9. The van der Waals surface area contributed by atoms with Crippen LogP contribution in [0.5, 0.6) is 0 Å². The Hall–Kier alpha value is -1.41. The van der Waals surface area contributed by atoms with Gasteiger partial charge in [0.1, 0.15) is 5.56 Å². The number of nitrogens with one attached hydrogen (secondary N) is 2. The van der Waals surface area contributed by atoms with Crippen molar-refractivity contribution >= 4 is 42.1 Å². The molecule has 2 bridgehead atoms. The maximum absolute atomic E-state index is 12.9. The summed E-state index contributed by atoms with van der Waals surface area (Å²) in [5.41, 5.74) is 2.14. The van der Waals surface area contributed by atoms with Crippen molar-refractivity contribution in [3.8, 4) is 0 Å². The van der Waals surface area contributed by atoms with E-state index in [1.807, 2.05) is 16.0 Å². The summed E-state index contributed by atoms with van der Waals surface area (Å²) in [4.78, 5) is 30.0. The van der Waals surface area contributed by atoms with Crippen molar-refractivity contribution in [2.24, 2.45) is 5.92 Å². The lowest BCUT2D eigenvalue weighted by atomic mass is 9.84. The minimum atomic E-state index is -0.288. The van der Waals surface area contributed by atoms with Gasteiger partial charge in [-0.15, -0.1) is 36.2 Å². The van der Waals surface area contributed by atoms with Crippen LogP contribution in [0.2, 0.25) is 0 Å². The third-order valence-electron chi connectivity index (χ3n) is 5.48. The Morgan fingerprint density at radius 1 is 1.34 bits per heavy atom. The highest BCUT2D eigenvalue weighted by Gasteiger charge is 2.31. The van der Waals surface area contributed by atoms with Crippen molar-refractivity contribution in [2.75, 3.05) is 19.6 Å². The molecule has 2 aromatic rings. The molecule has 1 fully saturated rings. The van der Waals surface area contributed by atoms with Crippen LogP contribution in [0.1, 0.15) is 58.9 Å². The number of pyridine rings is 1. The normalized spacial score (nSPS) is 19.7. The van der Waals surface area contributed by atoms with E-state index in [0.717, 1.165) is 35.9 Å². The molecule has 160 valence electrons. The van der Waals surface area contributed by atoms with Crippen molar-refractivity contribution < 1.29 is 4.79 Å². The van der Waals surface area contributed by atoms with Gasteiger partial charge in [-0.05, 0) is 31.0 Å². The molecule has 29 heavy (non-hydrogen) atoms. The molecule has 2 aromatic heterocycles. The zero-order valence-electron chi connectivity index (χ0n) is 16.6. The van der Waals surface area contributed by atoms with Gasteiger partial charge in [-0.3, -0.25) is 9.59 Å². The quantitative estimate of drug-likeness (QED) is 0.721.